The third kappa shape index (κ3) is 1.91. The monoisotopic (exact) mass is 358 g/mol. The first-order chi connectivity index (χ1) is 12.4. The van der Waals surface area contributed by atoms with Gasteiger partial charge in [-0.3, -0.25) is 4.79 Å². The minimum atomic E-state index is -1.98. The summed E-state index contributed by atoms with van der Waals surface area (Å²) < 4.78 is 16.0. The molecule has 0 spiro atoms. The standard InChI is InChI=1S/C20H22O6/c1-4-7-19-9-15(24-3)17(21)20(23,18(19)22)16(11(19)2)12-5-6-13-14(8-12)26-10-25-13/h4-6,8-9,11,16,18,22-23H,1,7,10H2,2-3H3/t11-,16+,18-,19-,20+/m1/s1. The Bertz CT molecular complexity index is 815. The molecule has 138 valence electrons. The summed E-state index contributed by atoms with van der Waals surface area (Å²) in [5.74, 6) is -0.188. The van der Waals surface area contributed by atoms with E-state index in [2.05, 4.69) is 6.58 Å². The number of ether oxygens (including phenoxy) is 3. The van der Waals surface area contributed by atoms with Crippen LogP contribution in [-0.2, 0) is 9.53 Å². The molecule has 6 nitrogen and oxygen atoms in total. The molecule has 1 fully saturated rings. The number of allylic oxidation sites excluding steroid dienone is 1. The van der Waals surface area contributed by atoms with Crippen LogP contribution in [0, 0.1) is 11.3 Å². The van der Waals surface area contributed by atoms with E-state index in [9.17, 15) is 15.0 Å². The van der Waals surface area contributed by atoms with Crippen molar-refractivity contribution < 1.29 is 29.2 Å². The van der Waals surface area contributed by atoms with Crippen molar-refractivity contribution in [2.75, 3.05) is 13.9 Å². The quantitative estimate of drug-likeness (QED) is 0.800. The third-order valence-electron chi connectivity index (χ3n) is 6.21. The van der Waals surface area contributed by atoms with Gasteiger partial charge < -0.3 is 24.4 Å². The average Bonchev–Trinajstić information content (AvgIpc) is 3.14. The fourth-order valence-corrected chi connectivity index (χ4v) is 4.91. The predicted octanol–water partition coefficient (Wildman–Crippen LogP) is 1.92. The Labute approximate surface area is 151 Å². The van der Waals surface area contributed by atoms with Crippen LogP contribution in [-0.4, -0.2) is 41.6 Å². The van der Waals surface area contributed by atoms with Gasteiger partial charge in [0, 0.05) is 11.3 Å². The zero-order chi connectivity index (χ0) is 18.7. The molecular formula is C20H22O6. The van der Waals surface area contributed by atoms with E-state index in [0.29, 0.717) is 23.5 Å². The lowest BCUT2D eigenvalue weighted by Gasteiger charge is -2.39. The maximum atomic E-state index is 13.0. The highest BCUT2D eigenvalue weighted by molar-refractivity contribution is 6.03. The second-order valence-electron chi connectivity index (χ2n) is 7.25. The molecule has 0 unspecified atom stereocenters. The Morgan fingerprint density at radius 1 is 1.38 bits per heavy atom. The van der Waals surface area contributed by atoms with Gasteiger partial charge in [0.25, 0.3) is 0 Å². The van der Waals surface area contributed by atoms with E-state index < -0.39 is 28.8 Å². The molecule has 0 amide bonds. The molecule has 1 saturated carbocycles. The number of benzene rings is 1. The molecule has 1 aliphatic heterocycles. The first kappa shape index (κ1) is 17.1. The first-order valence-corrected chi connectivity index (χ1v) is 8.62. The Balaban J connectivity index is 1.90. The van der Waals surface area contributed by atoms with Crippen LogP contribution in [0.1, 0.15) is 24.8 Å². The summed E-state index contributed by atoms with van der Waals surface area (Å²) in [5.41, 5.74) is -2.10. The molecule has 2 bridgehead atoms. The van der Waals surface area contributed by atoms with Gasteiger partial charge in [-0.1, -0.05) is 19.1 Å². The van der Waals surface area contributed by atoms with Crippen LogP contribution in [0.5, 0.6) is 11.5 Å². The smallest absolute Gasteiger partial charge is 0.231 e. The molecule has 5 atom stereocenters. The number of ketones is 1. The highest BCUT2D eigenvalue weighted by Gasteiger charge is 2.71. The van der Waals surface area contributed by atoms with Gasteiger partial charge in [-0.15, -0.1) is 6.58 Å². The maximum Gasteiger partial charge on any atom is 0.231 e. The molecule has 0 aromatic heterocycles. The van der Waals surface area contributed by atoms with Crippen molar-refractivity contribution in [1.82, 2.24) is 0 Å². The van der Waals surface area contributed by atoms with E-state index in [1.807, 2.05) is 6.92 Å². The van der Waals surface area contributed by atoms with Crippen molar-refractivity contribution in [2.45, 2.75) is 31.0 Å². The van der Waals surface area contributed by atoms with Crippen LogP contribution in [0.2, 0.25) is 0 Å². The Morgan fingerprint density at radius 3 is 2.81 bits per heavy atom. The van der Waals surface area contributed by atoms with Gasteiger partial charge in [0.15, 0.2) is 22.9 Å². The highest BCUT2D eigenvalue weighted by Crippen LogP contribution is 2.63. The van der Waals surface area contributed by atoms with Crippen LogP contribution in [0.3, 0.4) is 0 Å². The van der Waals surface area contributed by atoms with E-state index in [1.165, 1.54) is 7.11 Å². The largest absolute Gasteiger partial charge is 0.493 e. The zero-order valence-electron chi connectivity index (χ0n) is 14.8. The first-order valence-electron chi connectivity index (χ1n) is 8.62. The average molecular weight is 358 g/mol. The number of carbonyl (C=O) groups excluding carboxylic acids is 1. The van der Waals surface area contributed by atoms with Crippen molar-refractivity contribution in [3.8, 4) is 11.5 Å². The minimum Gasteiger partial charge on any atom is -0.493 e. The summed E-state index contributed by atoms with van der Waals surface area (Å²) in [6, 6.07) is 5.34. The molecule has 1 aromatic carbocycles. The maximum absolute atomic E-state index is 13.0. The Kier molecular flexibility index (Phi) is 3.68. The van der Waals surface area contributed by atoms with E-state index >= 15 is 0 Å². The van der Waals surface area contributed by atoms with Gasteiger partial charge in [0.1, 0.15) is 6.10 Å². The van der Waals surface area contributed by atoms with Crippen LogP contribution in [0.4, 0.5) is 0 Å². The number of aliphatic hydroxyl groups excluding tert-OH is 1. The van der Waals surface area contributed by atoms with Gasteiger partial charge in [0.05, 0.1) is 7.11 Å². The molecule has 0 saturated heterocycles. The Hall–Kier alpha value is -2.31. The van der Waals surface area contributed by atoms with Crippen molar-refractivity contribution in [1.29, 1.82) is 0 Å². The summed E-state index contributed by atoms with van der Waals surface area (Å²) in [7, 11) is 1.39. The number of fused-ring (bicyclic) bond motifs is 3. The summed E-state index contributed by atoms with van der Waals surface area (Å²) in [6.45, 7) is 5.86. The molecule has 4 rings (SSSR count). The fourth-order valence-electron chi connectivity index (χ4n) is 4.91. The Morgan fingerprint density at radius 2 is 2.12 bits per heavy atom. The number of aliphatic hydroxyl groups is 2. The molecular weight excluding hydrogens is 336 g/mol. The minimum absolute atomic E-state index is 0.0785. The topological polar surface area (TPSA) is 85.2 Å². The molecule has 2 N–H and O–H groups in total. The zero-order valence-corrected chi connectivity index (χ0v) is 14.8. The number of carbonyl (C=O) groups is 1. The molecule has 6 heteroatoms. The van der Waals surface area contributed by atoms with Crippen molar-refractivity contribution in [3.63, 3.8) is 0 Å². The van der Waals surface area contributed by atoms with Crippen LogP contribution < -0.4 is 9.47 Å². The lowest BCUT2D eigenvalue weighted by Crippen LogP contribution is -2.56. The lowest BCUT2D eigenvalue weighted by molar-refractivity contribution is -0.155. The van der Waals surface area contributed by atoms with Gasteiger partial charge >= 0.3 is 0 Å². The number of hydrogen-bond donors (Lipinski definition) is 2. The van der Waals surface area contributed by atoms with E-state index in [4.69, 9.17) is 14.2 Å². The second-order valence-corrected chi connectivity index (χ2v) is 7.25. The van der Waals surface area contributed by atoms with E-state index in [1.54, 1.807) is 30.4 Å². The lowest BCUT2D eigenvalue weighted by atomic mass is 9.70. The van der Waals surface area contributed by atoms with Crippen molar-refractivity contribution in [3.05, 3.63) is 48.3 Å². The number of methoxy groups -OCH3 is 1. The van der Waals surface area contributed by atoms with Gasteiger partial charge in [-0.25, -0.2) is 0 Å². The van der Waals surface area contributed by atoms with E-state index in [-0.39, 0.29) is 18.5 Å². The summed E-state index contributed by atoms with van der Waals surface area (Å²) in [5, 5.41) is 22.5. The van der Waals surface area contributed by atoms with Crippen LogP contribution in [0.25, 0.3) is 0 Å². The SMILES string of the molecule is C=CC[C@@]12C=C(OC)C(=O)[C@@](O)([C@H](c3ccc4c(c3)OCO4)[C@H]1C)[C@@H]2O. The molecule has 26 heavy (non-hydrogen) atoms. The highest BCUT2D eigenvalue weighted by atomic mass is 16.7. The molecule has 2 aliphatic carbocycles. The second kappa shape index (κ2) is 5.59. The predicted molar refractivity (Wildman–Crippen MR) is 92.8 cm³/mol. The number of Topliss-reactive ketones (excluding diaryl/α,β-unsaturated/α-hetero) is 1. The van der Waals surface area contributed by atoms with Crippen LogP contribution >= 0.6 is 0 Å². The normalized spacial score (nSPS) is 37.5. The summed E-state index contributed by atoms with van der Waals surface area (Å²) in [6.07, 6.45) is 2.51. The molecule has 3 aliphatic rings. The number of rotatable bonds is 4. The van der Waals surface area contributed by atoms with Crippen LogP contribution in [0.15, 0.2) is 42.7 Å². The number of hydrogen-bond acceptors (Lipinski definition) is 6. The molecule has 1 heterocycles. The van der Waals surface area contributed by atoms with Crippen molar-refractivity contribution >= 4 is 5.78 Å². The molecule has 0 radical (unpaired) electrons. The van der Waals surface area contributed by atoms with Gasteiger partial charge in [0.2, 0.25) is 12.6 Å². The summed E-state index contributed by atoms with van der Waals surface area (Å²) >= 11 is 0. The van der Waals surface area contributed by atoms with Crippen molar-refractivity contribution in [2.24, 2.45) is 11.3 Å². The fraction of sp³-hybridized carbons (Fsp3) is 0.450. The van der Waals surface area contributed by atoms with E-state index in [0.717, 1.165) is 0 Å². The third-order valence-corrected chi connectivity index (χ3v) is 6.21. The molecule has 1 aromatic rings. The van der Waals surface area contributed by atoms with Gasteiger partial charge in [-0.05, 0) is 36.1 Å². The van der Waals surface area contributed by atoms with Gasteiger partial charge in [-0.2, -0.15) is 0 Å². The summed E-state index contributed by atoms with van der Waals surface area (Å²) in [4.78, 5) is 13.0.